The molecule has 1 aromatic rings. The number of methoxy groups -OCH3 is 1. The van der Waals surface area contributed by atoms with E-state index in [0.29, 0.717) is 0 Å². The number of aromatic hydroxyl groups is 1. The van der Waals surface area contributed by atoms with E-state index in [0.717, 1.165) is 11.3 Å². The summed E-state index contributed by atoms with van der Waals surface area (Å²) in [5.74, 6) is -0.510. The normalized spacial score (nSPS) is 8.45. The maximum atomic E-state index is 10.7. The molecule has 0 aliphatic heterocycles. The summed E-state index contributed by atoms with van der Waals surface area (Å²) in [6, 6.07) is 1.46. The Bertz CT molecular complexity index is 246. The van der Waals surface area contributed by atoms with Crippen LogP contribution in [0.1, 0.15) is 9.67 Å². The molecule has 11 heavy (non-hydrogen) atoms. The number of ether oxygens (including phenoxy) is 1. The molecule has 1 N–H and O–H groups in total. The van der Waals surface area contributed by atoms with Gasteiger partial charge in [0, 0.05) is 29.6 Å². The summed E-state index contributed by atoms with van der Waals surface area (Å²) in [6.07, 6.45) is 0. The summed E-state index contributed by atoms with van der Waals surface area (Å²) in [5.41, 5.74) is 0. The fourth-order valence-electron chi connectivity index (χ4n) is 0.548. The Kier molecular flexibility index (Phi) is 4.76. The van der Waals surface area contributed by atoms with Gasteiger partial charge in [0.1, 0.15) is 5.75 Å². The van der Waals surface area contributed by atoms with E-state index in [-0.39, 0.29) is 40.2 Å². The summed E-state index contributed by atoms with van der Waals surface area (Å²) in [5, 5.41) is 10.6. The average molecular weight is 181 g/mol. The first kappa shape index (κ1) is 11.0. The van der Waals surface area contributed by atoms with Crippen LogP contribution in [0.3, 0.4) is 0 Å². The molecule has 1 aromatic heterocycles. The second kappa shape index (κ2) is 4.77. The van der Waals surface area contributed by atoms with Crippen molar-refractivity contribution in [2.24, 2.45) is 0 Å². The van der Waals surface area contributed by atoms with Crippen LogP contribution < -0.4 is 0 Å². The third-order valence-electron chi connectivity index (χ3n) is 1.02. The van der Waals surface area contributed by atoms with Crippen molar-refractivity contribution in [1.82, 2.24) is 0 Å². The molecule has 0 aliphatic rings. The number of esters is 1. The van der Waals surface area contributed by atoms with Gasteiger partial charge < -0.3 is 9.84 Å². The molecule has 0 aromatic carbocycles. The average Bonchev–Trinajstić information content (AvgIpc) is 2.34. The first-order chi connectivity index (χ1) is 4.75. The SMILES string of the molecule is COC(=O)c1sccc1O.[Na]. The van der Waals surface area contributed by atoms with Crippen LogP contribution in [0.4, 0.5) is 0 Å². The molecule has 3 nitrogen and oxygen atoms in total. The number of carbonyl (C=O) groups excluding carboxylic acids is 1. The fraction of sp³-hybridized carbons (Fsp3) is 0.167. The quantitative estimate of drug-likeness (QED) is 0.516. The molecule has 0 bridgehead atoms. The molecule has 0 spiro atoms. The molecule has 0 aliphatic carbocycles. The van der Waals surface area contributed by atoms with Gasteiger partial charge in [-0.25, -0.2) is 4.79 Å². The Balaban J connectivity index is 0.000001000. The minimum absolute atomic E-state index is 0. The van der Waals surface area contributed by atoms with Gasteiger partial charge in [-0.3, -0.25) is 0 Å². The van der Waals surface area contributed by atoms with Gasteiger partial charge in [-0.15, -0.1) is 11.3 Å². The predicted octanol–water partition coefficient (Wildman–Crippen LogP) is 0.859. The van der Waals surface area contributed by atoms with Crippen LogP contribution in [0, 0.1) is 0 Å². The van der Waals surface area contributed by atoms with E-state index >= 15 is 0 Å². The predicted molar refractivity (Wildman–Crippen MR) is 43.1 cm³/mol. The van der Waals surface area contributed by atoms with Crippen molar-refractivity contribution in [3.05, 3.63) is 16.3 Å². The summed E-state index contributed by atoms with van der Waals surface area (Å²) in [6.45, 7) is 0. The molecular formula is C6H6NaO3S. The second-order valence-electron chi connectivity index (χ2n) is 1.63. The maximum Gasteiger partial charge on any atom is 0.351 e. The number of rotatable bonds is 1. The number of carbonyl (C=O) groups is 1. The van der Waals surface area contributed by atoms with E-state index in [4.69, 9.17) is 5.11 Å². The molecule has 0 amide bonds. The van der Waals surface area contributed by atoms with Crippen molar-refractivity contribution < 1.29 is 14.6 Å². The van der Waals surface area contributed by atoms with Crippen molar-refractivity contribution in [2.45, 2.75) is 0 Å². The number of hydrogen-bond acceptors (Lipinski definition) is 4. The Labute approximate surface area is 90.3 Å². The Morgan fingerprint density at radius 3 is 2.73 bits per heavy atom. The molecule has 0 atom stereocenters. The fourth-order valence-corrected chi connectivity index (χ4v) is 1.25. The Hall–Kier alpha value is -0.0300. The molecule has 1 heterocycles. The third kappa shape index (κ3) is 2.48. The first-order valence-electron chi connectivity index (χ1n) is 2.60. The number of hydrogen-bond donors (Lipinski definition) is 1. The van der Waals surface area contributed by atoms with Gasteiger partial charge in [0.15, 0.2) is 4.88 Å². The zero-order chi connectivity index (χ0) is 7.56. The molecule has 5 heteroatoms. The van der Waals surface area contributed by atoms with Crippen LogP contribution in [0.2, 0.25) is 0 Å². The third-order valence-corrected chi connectivity index (χ3v) is 1.90. The van der Waals surface area contributed by atoms with E-state index in [1.165, 1.54) is 13.2 Å². The van der Waals surface area contributed by atoms with Gasteiger partial charge in [0.2, 0.25) is 0 Å². The van der Waals surface area contributed by atoms with Crippen LogP contribution >= 0.6 is 11.3 Å². The van der Waals surface area contributed by atoms with E-state index in [1.54, 1.807) is 5.38 Å². The van der Waals surface area contributed by atoms with E-state index in [2.05, 4.69) is 4.74 Å². The van der Waals surface area contributed by atoms with Crippen LogP contribution in [0.25, 0.3) is 0 Å². The smallest absolute Gasteiger partial charge is 0.351 e. The molecule has 0 fully saturated rings. The van der Waals surface area contributed by atoms with E-state index < -0.39 is 5.97 Å². The number of thiophene rings is 1. The van der Waals surface area contributed by atoms with Crippen LogP contribution in [-0.4, -0.2) is 47.7 Å². The van der Waals surface area contributed by atoms with Crippen molar-refractivity contribution in [1.29, 1.82) is 0 Å². The van der Waals surface area contributed by atoms with Gasteiger partial charge in [-0.1, -0.05) is 0 Å². The zero-order valence-electron chi connectivity index (χ0n) is 6.33. The largest absolute Gasteiger partial charge is 0.506 e. The molecule has 55 valence electrons. The van der Waals surface area contributed by atoms with Gasteiger partial charge in [-0.05, 0) is 11.4 Å². The minimum atomic E-state index is -0.493. The molecule has 1 radical (unpaired) electrons. The first-order valence-corrected chi connectivity index (χ1v) is 3.48. The second-order valence-corrected chi connectivity index (χ2v) is 2.54. The topological polar surface area (TPSA) is 46.5 Å². The Morgan fingerprint density at radius 1 is 1.73 bits per heavy atom. The molecule has 0 unspecified atom stereocenters. The van der Waals surface area contributed by atoms with Crippen molar-refractivity contribution >= 4 is 46.9 Å². The van der Waals surface area contributed by atoms with Crippen LogP contribution in [-0.2, 0) is 4.74 Å². The summed E-state index contributed by atoms with van der Waals surface area (Å²) >= 11 is 1.16. The molecule has 0 saturated heterocycles. The minimum Gasteiger partial charge on any atom is -0.506 e. The van der Waals surface area contributed by atoms with E-state index in [9.17, 15) is 4.79 Å². The maximum absolute atomic E-state index is 10.7. The van der Waals surface area contributed by atoms with Crippen LogP contribution in [0.15, 0.2) is 11.4 Å². The van der Waals surface area contributed by atoms with Gasteiger partial charge in [0.05, 0.1) is 7.11 Å². The van der Waals surface area contributed by atoms with Gasteiger partial charge in [0.25, 0.3) is 0 Å². The summed E-state index contributed by atoms with van der Waals surface area (Å²) in [7, 11) is 1.28. The van der Waals surface area contributed by atoms with Gasteiger partial charge in [-0.2, -0.15) is 0 Å². The monoisotopic (exact) mass is 181 g/mol. The molecular weight excluding hydrogens is 175 g/mol. The van der Waals surface area contributed by atoms with Crippen molar-refractivity contribution in [3.8, 4) is 5.75 Å². The zero-order valence-corrected chi connectivity index (χ0v) is 9.14. The standard InChI is InChI=1S/C6H6O3S.Na/c1-9-6(8)5-4(7)2-3-10-5;/h2-3,7H,1H3;. The van der Waals surface area contributed by atoms with E-state index in [1.807, 2.05) is 0 Å². The summed E-state index contributed by atoms with van der Waals surface area (Å²) in [4.78, 5) is 11.0. The van der Waals surface area contributed by atoms with Crippen LogP contribution in [0.5, 0.6) is 5.75 Å². The van der Waals surface area contributed by atoms with Crippen molar-refractivity contribution in [3.63, 3.8) is 0 Å². The van der Waals surface area contributed by atoms with Crippen molar-refractivity contribution in [2.75, 3.05) is 7.11 Å². The molecule has 0 saturated carbocycles. The molecule has 1 rings (SSSR count). The Morgan fingerprint density at radius 2 is 2.36 bits per heavy atom. The summed E-state index contributed by atoms with van der Waals surface area (Å²) < 4.78 is 4.39. The van der Waals surface area contributed by atoms with Gasteiger partial charge >= 0.3 is 5.97 Å².